The zero-order valence-corrected chi connectivity index (χ0v) is 16.5. The topological polar surface area (TPSA) is 99.6 Å². The maximum absolute atomic E-state index is 13.1. The summed E-state index contributed by atoms with van der Waals surface area (Å²) in [6.07, 6.45) is -4.89. The molecule has 0 spiro atoms. The highest BCUT2D eigenvalue weighted by atomic mass is 32.2. The van der Waals surface area contributed by atoms with Crippen molar-refractivity contribution >= 4 is 29.1 Å². The van der Waals surface area contributed by atoms with E-state index in [9.17, 15) is 18.0 Å². The van der Waals surface area contributed by atoms with Gasteiger partial charge in [-0.3, -0.25) is 0 Å². The van der Waals surface area contributed by atoms with E-state index in [4.69, 9.17) is 5.11 Å². The second-order valence-electron chi connectivity index (χ2n) is 6.88. The van der Waals surface area contributed by atoms with Gasteiger partial charge in [0, 0.05) is 5.56 Å². The van der Waals surface area contributed by atoms with Crippen LogP contribution in [0.2, 0.25) is 0 Å². The highest BCUT2D eigenvalue weighted by molar-refractivity contribution is 8.01. The van der Waals surface area contributed by atoms with Crippen molar-refractivity contribution in [1.82, 2.24) is 4.98 Å². The van der Waals surface area contributed by atoms with Crippen LogP contribution in [0.5, 0.6) is 0 Å². The van der Waals surface area contributed by atoms with Gasteiger partial charge in [0.15, 0.2) is 10.0 Å². The molecule has 3 rings (SSSR count). The summed E-state index contributed by atoms with van der Waals surface area (Å²) in [5.41, 5.74) is 0.0454. The first-order valence-electron chi connectivity index (χ1n) is 7.88. The van der Waals surface area contributed by atoms with E-state index in [-0.39, 0.29) is 9.75 Å². The second-order valence-corrected chi connectivity index (χ2v) is 9.29. The van der Waals surface area contributed by atoms with Gasteiger partial charge in [0.05, 0.1) is 0 Å². The fourth-order valence-electron chi connectivity index (χ4n) is 2.39. The number of carboxylic acid groups (broad SMARTS) is 1. The van der Waals surface area contributed by atoms with Crippen molar-refractivity contribution in [1.29, 1.82) is 0 Å². The molecule has 0 saturated carbocycles. The van der Waals surface area contributed by atoms with Crippen LogP contribution in [-0.2, 0) is 16.6 Å². The molecule has 0 atom stereocenters. The van der Waals surface area contributed by atoms with Crippen LogP contribution >= 0.6 is 23.1 Å². The van der Waals surface area contributed by atoms with Crippen LogP contribution < -0.4 is 0 Å². The van der Waals surface area contributed by atoms with Crippen LogP contribution in [0.15, 0.2) is 49.3 Å². The Labute approximate surface area is 165 Å². The largest absolute Gasteiger partial charge is 0.477 e. The van der Waals surface area contributed by atoms with Crippen LogP contribution in [0.4, 0.5) is 13.2 Å². The molecule has 2 heterocycles. The van der Waals surface area contributed by atoms with E-state index in [0.29, 0.717) is 16.9 Å². The maximum atomic E-state index is 13.1. The fourth-order valence-corrected chi connectivity index (χ4v) is 4.60. The molecule has 1 aliphatic rings. The molecule has 148 valence electrons. The van der Waals surface area contributed by atoms with Gasteiger partial charge in [-0.05, 0) is 33.2 Å². The van der Waals surface area contributed by atoms with Crippen LogP contribution in [0.25, 0.3) is 0 Å². The second kappa shape index (κ2) is 6.92. The lowest BCUT2D eigenvalue weighted by atomic mass is 9.86. The lowest BCUT2D eigenvalue weighted by Crippen LogP contribution is -2.16. The third-order valence-corrected chi connectivity index (χ3v) is 6.11. The highest BCUT2D eigenvalue weighted by Crippen LogP contribution is 2.49. The molecule has 0 saturated heterocycles. The minimum atomic E-state index is -4.89. The molecule has 28 heavy (non-hydrogen) atoms. The number of carbonyl (C=O) groups is 1. The summed E-state index contributed by atoms with van der Waals surface area (Å²) >= 11 is 1.17. The molecule has 0 fully saturated rings. The summed E-state index contributed by atoms with van der Waals surface area (Å²) in [6, 6.07) is 7.22. The summed E-state index contributed by atoms with van der Waals surface area (Å²) in [5.74, 6) is -1.70. The molecule has 0 bridgehead atoms. The summed E-state index contributed by atoms with van der Waals surface area (Å²) in [7, 11) is 0. The molecule has 1 aromatic heterocycles. The number of aromatic nitrogens is 1. The molecule has 2 aromatic rings. The van der Waals surface area contributed by atoms with Gasteiger partial charge < -0.3 is 5.11 Å². The number of carboxylic acids is 1. The van der Waals surface area contributed by atoms with Crippen molar-refractivity contribution in [3.63, 3.8) is 0 Å². The van der Waals surface area contributed by atoms with Gasteiger partial charge in [-0.1, -0.05) is 56.4 Å². The number of nitrogens with zero attached hydrogens (tertiary/aromatic N) is 5. The van der Waals surface area contributed by atoms with E-state index in [1.165, 1.54) is 0 Å². The van der Waals surface area contributed by atoms with E-state index < -0.39 is 27.7 Å². The zero-order valence-electron chi connectivity index (χ0n) is 14.9. The van der Waals surface area contributed by atoms with E-state index in [2.05, 4.69) is 25.7 Å². The molecule has 0 unspecified atom stereocenters. The van der Waals surface area contributed by atoms with Crippen molar-refractivity contribution in [2.75, 3.05) is 0 Å². The average Bonchev–Trinajstić information content (AvgIpc) is 3.22. The smallest absolute Gasteiger partial charge is 0.435 e. The summed E-state index contributed by atoms with van der Waals surface area (Å²) in [4.78, 5) is 12.3. The van der Waals surface area contributed by atoms with Crippen LogP contribution in [-0.4, -0.2) is 16.1 Å². The summed E-state index contributed by atoms with van der Waals surface area (Å²) in [5, 5.41) is 24.0. The minimum absolute atomic E-state index is 0.0924. The summed E-state index contributed by atoms with van der Waals surface area (Å²) < 4.78 is 39.1. The van der Waals surface area contributed by atoms with E-state index in [1.54, 1.807) is 12.1 Å². The molecule has 0 amide bonds. The van der Waals surface area contributed by atoms with Crippen molar-refractivity contribution in [3.05, 3.63) is 46.0 Å². The maximum Gasteiger partial charge on any atom is 0.435 e. The zero-order chi connectivity index (χ0) is 20.7. The fraction of sp³-hybridized carbons (Fsp3) is 0.375. The number of halogens is 3. The predicted molar refractivity (Wildman–Crippen MR) is 96.5 cm³/mol. The Morgan fingerprint density at radius 3 is 2.11 bits per heavy atom. The molecular formula is C16H14F3N5O2S2. The Bertz CT molecular complexity index is 950. The molecule has 12 heteroatoms. The minimum Gasteiger partial charge on any atom is -0.477 e. The van der Waals surface area contributed by atoms with Gasteiger partial charge in [0.1, 0.15) is 4.88 Å². The quantitative estimate of drug-likeness (QED) is 0.654. The third kappa shape index (κ3) is 3.92. The number of aromatic carboxylic acids is 1. The molecule has 0 aliphatic carbocycles. The normalized spacial score (nSPS) is 15.9. The highest BCUT2D eigenvalue weighted by Gasteiger charge is 2.43. The Morgan fingerprint density at radius 1 is 1.11 bits per heavy atom. The first-order valence-corrected chi connectivity index (χ1v) is 9.51. The lowest BCUT2D eigenvalue weighted by molar-refractivity contribution is -0.141. The van der Waals surface area contributed by atoms with Gasteiger partial charge in [0.25, 0.3) is 4.99 Å². The van der Waals surface area contributed by atoms with E-state index >= 15 is 0 Å². The van der Waals surface area contributed by atoms with Gasteiger partial charge in [-0.2, -0.15) is 13.2 Å². The van der Waals surface area contributed by atoms with E-state index in [0.717, 1.165) is 17.3 Å². The SMILES string of the molecule is CC(C)(C)c1ccc(C2(Sc3nc(C(F)(F)F)c(C(=O)O)s3)N=NN=N2)cc1. The van der Waals surface area contributed by atoms with Crippen molar-refractivity contribution < 1.29 is 23.1 Å². The number of hydrogen-bond donors (Lipinski definition) is 1. The Kier molecular flexibility index (Phi) is 5.04. The molecule has 0 radical (unpaired) electrons. The number of benzene rings is 1. The monoisotopic (exact) mass is 429 g/mol. The number of hydrogen-bond acceptors (Lipinski definition) is 8. The van der Waals surface area contributed by atoms with Gasteiger partial charge in [-0.25, -0.2) is 9.78 Å². The number of rotatable bonds is 4. The van der Waals surface area contributed by atoms with Crippen molar-refractivity contribution in [2.45, 2.75) is 41.7 Å². The molecule has 1 aliphatic heterocycles. The standard InChI is InChI=1S/C16H14F3N5O2S2/c1-14(2,3)8-4-6-9(7-5-8)16(21-23-24-22-16)28-13-20-11(15(17,18)19)10(27-13)12(25)26/h4-7H,1-3H3,(H,25,26). The first kappa shape index (κ1) is 20.4. The number of thiazole rings is 1. The van der Waals surface area contributed by atoms with Crippen LogP contribution in [0, 0.1) is 0 Å². The van der Waals surface area contributed by atoms with Gasteiger partial charge in [0.2, 0.25) is 0 Å². The summed E-state index contributed by atoms with van der Waals surface area (Å²) in [6.45, 7) is 6.13. The predicted octanol–water partition coefficient (Wildman–Crippen LogP) is 5.89. The lowest BCUT2D eigenvalue weighted by Gasteiger charge is -2.22. The third-order valence-electron chi connectivity index (χ3n) is 3.83. The Balaban J connectivity index is 2.00. The Morgan fingerprint density at radius 2 is 1.68 bits per heavy atom. The van der Waals surface area contributed by atoms with E-state index in [1.807, 2.05) is 32.9 Å². The number of alkyl halides is 3. The van der Waals surface area contributed by atoms with Crippen LogP contribution in [0.3, 0.4) is 0 Å². The average molecular weight is 429 g/mol. The Hall–Kier alpha value is -2.34. The molecule has 1 N–H and O–H groups in total. The first-order chi connectivity index (χ1) is 12.9. The molecule has 7 nitrogen and oxygen atoms in total. The molecule has 1 aromatic carbocycles. The number of thioether (sulfide) groups is 1. The van der Waals surface area contributed by atoms with Crippen molar-refractivity contribution in [2.24, 2.45) is 20.7 Å². The van der Waals surface area contributed by atoms with Gasteiger partial charge >= 0.3 is 12.1 Å². The van der Waals surface area contributed by atoms with Crippen molar-refractivity contribution in [3.8, 4) is 0 Å². The van der Waals surface area contributed by atoms with Crippen LogP contribution in [0.1, 0.15) is 47.3 Å². The van der Waals surface area contributed by atoms with Gasteiger partial charge in [-0.15, -0.1) is 10.2 Å². The molecular weight excluding hydrogens is 415 g/mol.